The summed E-state index contributed by atoms with van der Waals surface area (Å²) in [4.78, 5) is 31.7. The third-order valence-corrected chi connectivity index (χ3v) is 8.30. The van der Waals surface area contributed by atoms with Gasteiger partial charge in [-0.1, -0.05) is 40.0 Å². The zero-order chi connectivity index (χ0) is 26.0. The highest BCUT2D eigenvalue weighted by Crippen LogP contribution is 2.37. The molecule has 2 aromatic rings. The van der Waals surface area contributed by atoms with Crippen LogP contribution in [0.1, 0.15) is 93.4 Å². The van der Waals surface area contributed by atoms with Gasteiger partial charge in [-0.2, -0.15) is 0 Å². The van der Waals surface area contributed by atoms with Gasteiger partial charge in [0.1, 0.15) is 0 Å². The molecule has 0 unspecified atom stereocenters. The Hall–Kier alpha value is -2.60. The van der Waals surface area contributed by atoms with Gasteiger partial charge in [-0.05, 0) is 79.3 Å². The molecule has 37 heavy (non-hydrogen) atoms. The molecule has 6 nitrogen and oxygen atoms in total. The Morgan fingerprint density at radius 2 is 1.59 bits per heavy atom. The molecule has 3 aliphatic rings. The fourth-order valence-corrected chi connectivity index (χ4v) is 6.53. The quantitative estimate of drug-likeness (QED) is 0.395. The van der Waals surface area contributed by atoms with E-state index in [9.17, 15) is 9.59 Å². The number of fused-ring (bicyclic) bond motifs is 1. The number of carbonyl (C=O) groups excluding carboxylic acids is 2. The molecule has 1 aliphatic carbocycles. The first-order chi connectivity index (χ1) is 17.8. The van der Waals surface area contributed by atoms with Crippen molar-refractivity contribution in [3.8, 4) is 0 Å². The van der Waals surface area contributed by atoms with E-state index in [0.717, 1.165) is 76.9 Å². The Labute approximate surface area is 222 Å². The summed E-state index contributed by atoms with van der Waals surface area (Å²) in [7, 11) is 0. The van der Waals surface area contributed by atoms with Crippen molar-refractivity contribution >= 4 is 23.1 Å². The topological polar surface area (TPSA) is 57.6 Å². The van der Waals surface area contributed by atoms with Crippen LogP contribution in [-0.2, 0) is 17.8 Å². The fourth-order valence-electron chi connectivity index (χ4n) is 6.53. The predicted octanol–water partition coefficient (Wildman–Crippen LogP) is 5.86. The molecule has 0 atom stereocenters. The van der Waals surface area contributed by atoms with E-state index in [4.69, 9.17) is 0 Å². The molecule has 5 rings (SSSR count). The summed E-state index contributed by atoms with van der Waals surface area (Å²) in [5.41, 5.74) is 5.17. The first-order valence-corrected chi connectivity index (χ1v) is 14.4. The van der Waals surface area contributed by atoms with E-state index in [-0.39, 0.29) is 5.78 Å². The largest absolute Gasteiger partial charge is 0.369 e. The minimum atomic E-state index is -0.521. The number of nitrogens with one attached hydrogen (secondary N) is 1. The molecule has 2 fully saturated rings. The molecule has 6 heteroatoms. The SMILES string of the molecule is CC(C)(C)CN1CCN(c2ccc(NC(=O)C(=O)c3c(C4CCCCC4)cc4n3CCCC4)cc2)CC1. The maximum absolute atomic E-state index is 13.5. The lowest BCUT2D eigenvalue weighted by Gasteiger charge is -2.38. The van der Waals surface area contributed by atoms with Gasteiger partial charge in [-0.25, -0.2) is 0 Å². The van der Waals surface area contributed by atoms with Crippen molar-refractivity contribution in [2.75, 3.05) is 42.9 Å². The smallest absolute Gasteiger partial charge is 0.298 e. The summed E-state index contributed by atoms with van der Waals surface area (Å²) in [6.45, 7) is 13.0. The number of hydrogen-bond donors (Lipinski definition) is 1. The van der Waals surface area contributed by atoms with Gasteiger partial charge < -0.3 is 14.8 Å². The molecule has 0 spiro atoms. The molecule has 2 aliphatic heterocycles. The molecule has 1 amide bonds. The van der Waals surface area contributed by atoms with Gasteiger partial charge in [0, 0.05) is 56.3 Å². The van der Waals surface area contributed by atoms with Crippen molar-refractivity contribution in [1.82, 2.24) is 9.47 Å². The first-order valence-electron chi connectivity index (χ1n) is 14.4. The van der Waals surface area contributed by atoms with E-state index in [1.807, 2.05) is 12.1 Å². The molecule has 1 saturated carbocycles. The van der Waals surface area contributed by atoms with Crippen molar-refractivity contribution in [1.29, 1.82) is 0 Å². The van der Waals surface area contributed by atoms with Crippen molar-refractivity contribution in [2.45, 2.75) is 84.6 Å². The normalized spacial score (nSPS) is 19.5. The molecule has 3 heterocycles. The number of benzene rings is 1. The Bertz CT molecular complexity index is 1100. The monoisotopic (exact) mass is 504 g/mol. The minimum Gasteiger partial charge on any atom is -0.369 e. The van der Waals surface area contributed by atoms with E-state index >= 15 is 0 Å². The fraction of sp³-hybridized carbons (Fsp3) is 0.613. The summed E-state index contributed by atoms with van der Waals surface area (Å²) < 4.78 is 2.15. The lowest BCUT2D eigenvalue weighted by Crippen LogP contribution is -2.48. The maximum atomic E-state index is 13.5. The van der Waals surface area contributed by atoms with E-state index < -0.39 is 5.91 Å². The highest BCUT2D eigenvalue weighted by atomic mass is 16.2. The standard InChI is InChI=1S/C31H44N4O2/c1-31(2,3)22-33-17-19-34(20-18-33)25-14-12-24(13-15-25)32-30(37)29(36)28-27(23-9-5-4-6-10-23)21-26-11-7-8-16-35(26)28/h12-15,21,23H,4-11,16-20,22H2,1-3H3,(H,32,37). The lowest BCUT2D eigenvalue weighted by molar-refractivity contribution is -0.112. The number of Topliss-reactive ketones (excluding diaryl/α,β-unsaturated/α-hetero) is 1. The molecule has 1 saturated heterocycles. The van der Waals surface area contributed by atoms with Crippen LogP contribution in [-0.4, -0.2) is 53.9 Å². The van der Waals surface area contributed by atoms with E-state index in [0.29, 0.717) is 22.7 Å². The highest BCUT2D eigenvalue weighted by molar-refractivity contribution is 6.46. The molecule has 0 bridgehead atoms. The second-order valence-electron chi connectivity index (χ2n) is 12.5. The van der Waals surface area contributed by atoms with Gasteiger partial charge in [0.25, 0.3) is 11.7 Å². The summed E-state index contributed by atoms with van der Waals surface area (Å²) >= 11 is 0. The van der Waals surface area contributed by atoms with Gasteiger partial charge in [-0.15, -0.1) is 0 Å². The molecule has 0 radical (unpaired) electrons. The number of amides is 1. The van der Waals surface area contributed by atoms with Crippen molar-refractivity contribution in [2.24, 2.45) is 5.41 Å². The van der Waals surface area contributed by atoms with Crippen LogP contribution in [0.4, 0.5) is 11.4 Å². The predicted molar refractivity (Wildman–Crippen MR) is 151 cm³/mol. The van der Waals surface area contributed by atoms with Gasteiger partial charge in [-0.3, -0.25) is 14.5 Å². The van der Waals surface area contributed by atoms with Crippen LogP contribution in [0.5, 0.6) is 0 Å². The van der Waals surface area contributed by atoms with Gasteiger partial charge in [0.05, 0.1) is 5.69 Å². The molecule has 1 aromatic carbocycles. The van der Waals surface area contributed by atoms with Crippen LogP contribution >= 0.6 is 0 Å². The third-order valence-electron chi connectivity index (χ3n) is 8.30. The number of ketones is 1. The molecular formula is C31H44N4O2. The zero-order valence-corrected chi connectivity index (χ0v) is 23.0. The number of piperazine rings is 1. The summed E-state index contributed by atoms with van der Waals surface area (Å²) in [5, 5.41) is 2.90. The second-order valence-corrected chi connectivity index (χ2v) is 12.5. The number of rotatable bonds is 6. The number of carbonyl (C=O) groups is 2. The molecule has 1 N–H and O–H groups in total. The number of aromatic nitrogens is 1. The first kappa shape index (κ1) is 26.0. The summed E-state index contributed by atoms with van der Waals surface area (Å²) in [6, 6.07) is 10.2. The van der Waals surface area contributed by atoms with Crippen LogP contribution in [0.15, 0.2) is 30.3 Å². The second kappa shape index (κ2) is 11.0. The number of hydrogen-bond acceptors (Lipinski definition) is 4. The highest BCUT2D eigenvalue weighted by Gasteiger charge is 2.31. The third kappa shape index (κ3) is 6.11. The van der Waals surface area contributed by atoms with E-state index in [1.54, 1.807) is 0 Å². The Kier molecular flexibility index (Phi) is 7.75. The Morgan fingerprint density at radius 1 is 0.892 bits per heavy atom. The van der Waals surface area contributed by atoms with Crippen molar-refractivity contribution in [3.63, 3.8) is 0 Å². The lowest BCUT2D eigenvalue weighted by atomic mass is 9.83. The van der Waals surface area contributed by atoms with Gasteiger partial charge >= 0.3 is 0 Å². The Balaban J connectivity index is 1.24. The number of anilines is 2. The average Bonchev–Trinajstić information content (AvgIpc) is 3.28. The minimum absolute atomic E-state index is 0.316. The van der Waals surface area contributed by atoms with Gasteiger partial charge in [0.15, 0.2) is 0 Å². The van der Waals surface area contributed by atoms with Crippen LogP contribution in [0.25, 0.3) is 0 Å². The molecule has 1 aromatic heterocycles. The summed E-state index contributed by atoms with van der Waals surface area (Å²) in [5.74, 6) is -0.499. The van der Waals surface area contributed by atoms with Crippen molar-refractivity contribution < 1.29 is 9.59 Å². The van der Waals surface area contributed by atoms with Crippen LogP contribution in [0, 0.1) is 5.41 Å². The molecular weight excluding hydrogens is 460 g/mol. The van der Waals surface area contributed by atoms with E-state index in [1.165, 1.54) is 30.6 Å². The van der Waals surface area contributed by atoms with E-state index in [2.05, 4.69) is 58.7 Å². The van der Waals surface area contributed by atoms with Crippen LogP contribution in [0.2, 0.25) is 0 Å². The summed E-state index contributed by atoms with van der Waals surface area (Å²) in [6.07, 6.45) is 9.17. The number of aryl methyl sites for hydroxylation is 1. The average molecular weight is 505 g/mol. The Morgan fingerprint density at radius 3 is 2.27 bits per heavy atom. The van der Waals surface area contributed by atoms with Crippen LogP contribution in [0.3, 0.4) is 0 Å². The molecule has 200 valence electrons. The van der Waals surface area contributed by atoms with Crippen LogP contribution < -0.4 is 10.2 Å². The van der Waals surface area contributed by atoms with Gasteiger partial charge in [0.2, 0.25) is 0 Å². The number of nitrogens with zero attached hydrogens (tertiary/aromatic N) is 3. The van der Waals surface area contributed by atoms with Crippen molar-refractivity contribution in [3.05, 3.63) is 47.3 Å². The zero-order valence-electron chi connectivity index (χ0n) is 23.0. The maximum Gasteiger partial charge on any atom is 0.298 e.